The number of halogens is 1. The maximum atomic E-state index is 13.5. The third-order valence-corrected chi connectivity index (χ3v) is 6.39. The molecule has 5 nitrogen and oxygen atoms in total. The van der Waals surface area contributed by atoms with Crippen molar-refractivity contribution in [1.29, 1.82) is 0 Å². The highest BCUT2D eigenvalue weighted by molar-refractivity contribution is 7.92. The molecule has 3 aromatic rings. The molecular weight excluding hydrogens is 393 g/mol. The average molecular weight is 415 g/mol. The Bertz CT molecular complexity index is 1080. The fraction of sp³-hybridized carbons (Fsp3) is 0.182. The smallest absolute Gasteiger partial charge is 0.264 e. The second-order valence-electron chi connectivity index (χ2n) is 6.46. The van der Waals surface area contributed by atoms with Gasteiger partial charge in [-0.15, -0.1) is 0 Å². The lowest BCUT2D eigenvalue weighted by atomic mass is 10.1. The second kappa shape index (κ2) is 8.53. The molecule has 0 aromatic heterocycles. The summed E-state index contributed by atoms with van der Waals surface area (Å²) in [6.07, 6.45) is 0. The molecule has 0 N–H and O–H groups in total. The van der Waals surface area contributed by atoms with E-state index in [1.165, 1.54) is 30.7 Å². The third-order valence-electron chi connectivity index (χ3n) is 4.60. The van der Waals surface area contributed by atoms with E-state index in [4.69, 9.17) is 9.47 Å². The van der Waals surface area contributed by atoms with E-state index in [0.29, 0.717) is 17.2 Å². The quantitative estimate of drug-likeness (QED) is 0.568. The normalized spacial score (nSPS) is 11.2. The summed E-state index contributed by atoms with van der Waals surface area (Å²) in [5, 5.41) is 0. The molecule has 152 valence electrons. The van der Waals surface area contributed by atoms with Crippen molar-refractivity contribution < 1.29 is 22.3 Å². The van der Waals surface area contributed by atoms with E-state index in [-0.39, 0.29) is 11.4 Å². The van der Waals surface area contributed by atoms with Crippen molar-refractivity contribution >= 4 is 15.7 Å². The summed E-state index contributed by atoms with van der Waals surface area (Å²) in [5.74, 6) is 0.421. The zero-order valence-electron chi connectivity index (χ0n) is 16.4. The van der Waals surface area contributed by atoms with Gasteiger partial charge < -0.3 is 9.47 Å². The number of nitrogens with zero attached hydrogens (tertiary/aromatic N) is 1. The maximum absolute atomic E-state index is 13.5. The second-order valence-corrected chi connectivity index (χ2v) is 8.33. The molecule has 3 aromatic carbocycles. The molecule has 0 heterocycles. The fourth-order valence-corrected chi connectivity index (χ4v) is 4.35. The van der Waals surface area contributed by atoms with Gasteiger partial charge in [0.15, 0.2) is 0 Å². The Morgan fingerprint density at radius 2 is 1.48 bits per heavy atom. The monoisotopic (exact) mass is 415 g/mol. The van der Waals surface area contributed by atoms with Crippen molar-refractivity contribution in [2.45, 2.75) is 18.4 Å². The van der Waals surface area contributed by atoms with Gasteiger partial charge in [0.1, 0.15) is 17.3 Å². The van der Waals surface area contributed by atoms with Gasteiger partial charge in [0.05, 0.1) is 31.3 Å². The van der Waals surface area contributed by atoms with Gasteiger partial charge in [-0.05, 0) is 42.3 Å². The van der Waals surface area contributed by atoms with E-state index in [1.807, 2.05) is 31.2 Å². The number of anilines is 1. The molecule has 0 aliphatic carbocycles. The molecule has 0 amide bonds. The van der Waals surface area contributed by atoms with Gasteiger partial charge in [0.2, 0.25) is 0 Å². The Labute approximate surface area is 170 Å². The summed E-state index contributed by atoms with van der Waals surface area (Å²) in [7, 11) is -0.983. The molecule has 0 aliphatic rings. The van der Waals surface area contributed by atoms with E-state index in [9.17, 15) is 12.8 Å². The van der Waals surface area contributed by atoms with Crippen molar-refractivity contribution in [3.8, 4) is 11.5 Å². The van der Waals surface area contributed by atoms with E-state index in [1.54, 1.807) is 18.2 Å². The van der Waals surface area contributed by atoms with Crippen LogP contribution in [-0.4, -0.2) is 22.6 Å². The number of rotatable bonds is 7. The fourth-order valence-electron chi connectivity index (χ4n) is 2.93. The van der Waals surface area contributed by atoms with Crippen molar-refractivity contribution in [2.24, 2.45) is 0 Å². The van der Waals surface area contributed by atoms with E-state index < -0.39 is 15.8 Å². The van der Waals surface area contributed by atoms with Gasteiger partial charge in [-0.25, -0.2) is 12.8 Å². The highest BCUT2D eigenvalue weighted by atomic mass is 32.2. The number of benzene rings is 3. The molecule has 0 aliphatic heterocycles. The number of sulfonamides is 1. The minimum atomic E-state index is -3.98. The van der Waals surface area contributed by atoms with Gasteiger partial charge in [-0.3, -0.25) is 4.31 Å². The minimum Gasteiger partial charge on any atom is -0.497 e. The summed E-state index contributed by atoms with van der Waals surface area (Å²) < 4.78 is 52.2. The van der Waals surface area contributed by atoms with Crippen LogP contribution in [0.15, 0.2) is 71.6 Å². The Morgan fingerprint density at radius 3 is 2.03 bits per heavy atom. The van der Waals surface area contributed by atoms with Crippen molar-refractivity contribution in [2.75, 3.05) is 18.5 Å². The molecule has 0 fully saturated rings. The number of hydrogen-bond acceptors (Lipinski definition) is 4. The van der Waals surface area contributed by atoms with Crippen LogP contribution in [0.1, 0.15) is 11.1 Å². The van der Waals surface area contributed by atoms with E-state index in [0.717, 1.165) is 23.3 Å². The first-order valence-electron chi connectivity index (χ1n) is 8.91. The van der Waals surface area contributed by atoms with Gasteiger partial charge in [0.25, 0.3) is 10.0 Å². The number of aryl methyl sites for hydroxylation is 1. The molecular formula is C22H22FNO4S. The lowest BCUT2D eigenvalue weighted by molar-refractivity contribution is 0.394. The molecule has 0 atom stereocenters. The minimum absolute atomic E-state index is 0.00530. The topological polar surface area (TPSA) is 55.8 Å². The van der Waals surface area contributed by atoms with Crippen molar-refractivity contribution in [1.82, 2.24) is 0 Å². The van der Waals surface area contributed by atoms with Crippen LogP contribution in [-0.2, 0) is 16.6 Å². The molecule has 3 rings (SSSR count). The molecule has 0 bridgehead atoms. The number of ether oxygens (including phenoxy) is 2. The largest absolute Gasteiger partial charge is 0.497 e. The molecule has 0 saturated carbocycles. The molecule has 29 heavy (non-hydrogen) atoms. The third kappa shape index (κ3) is 4.51. The summed E-state index contributed by atoms with van der Waals surface area (Å²) in [4.78, 5) is -0.00530. The van der Waals surface area contributed by atoms with Gasteiger partial charge in [-0.1, -0.05) is 24.3 Å². The zero-order chi connectivity index (χ0) is 21.0. The average Bonchev–Trinajstić information content (AvgIpc) is 2.72. The van der Waals surface area contributed by atoms with E-state index in [2.05, 4.69) is 0 Å². The first kappa shape index (κ1) is 20.7. The van der Waals surface area contributed by atoms with Gasteiger partial charge in [-0.2, -0.15) is 0 Å². The predicted octanol–water partition coefficient (Wildman–Crippen LogP) is 4.55. The number of hydrogen-bond donors (Lipinski definition) is 0. The standard InChI is InChI=1S/C22H22FNO4S/c1-16-6-4-5-7-17(16)15-24(19-12-20(27-2)14-21(13-19)28-3)29(25,26)22-10-8-18(23)9-11-22/h4-14H,15H2,1-3H3. The predicted molar refractivity (Wildman–Crippen MR) is 110 cm³/mol. The van der Waals surface area contributed by atoms with Crippen molar-refractivity contribution in [3.05, 3.63) is 83.7 Å². The van der Waals surface area contributed by atoms with Crippen molar-refractivity contribution in [3.63, 3.8) is 0 Å². The summed E-state index contributed by atoms with van der Waals surface area (Å²) in [6.45, 7) is 2.02. The molecule has 0 unspecified atom stereocenters. The molecule has 0 radical (unpaired) electrons. The van der Waals surface area contributed by atoms with Crippen LogP contribution in [0.4, 0.5) is 10.1 Å². The Kier molecular flexibility index (Phi) is 6.08. The molecule has 0 saturated heterocycles. The lowest BCUT2D eigenvalue weighted by Gasteiger charge is -2.26. The zero-order valence-corrected chi connectivity index (χ0v) is 17.2. The number of methoxy groups -OCH3 is 2. The van der Waals surface area contributed by atoms with Gasteiger partial charge >= 0.3 is 0 Å². The first-order chi connectivity index (χ1) is 13.8. The summed E-state index contributed by atoms with van der Waals surface area (Å²) in [6, 6.07) is 17.2. The summed E-state index contributed by atoms with van der Waals surface area (Å²) >= 11 is 0. The first-order valence-corrected chi connectivity index (χ1v) is 10.3. The Morgan fingerprint density at radius 1 is 0.897 bits per heavy atom. The van der Waals surface area contributed by atoms with Crippen LogP contribution >= 0.6 is 0 Å². The highest BCUT2D eigenvalue weighted by Crippen LogP contribution is 2.33. The van der Waals surface area contributed by atoms with E-state index >= 15 is 0 Å². The summed E-state index contributed by atoms with van der Waals surface area (Å²) in [5.41, 5.74) is 2.19. The van der Waals surface area contributed by atoms with Crippen LogP contribution < -0.4 is 13.8 Å². The van der Waals surface area contributed by atoms with Crippen LogP contribution in [0, 0.1) is 12.7 Å². The lowest BCUT2D eigenvalue weighted by Crippen LogP contribution is -2.31. The molecule has 7 heteroatoms. The van der Waals surface area contributed by atoms with Crippen LogP contribution in [0.25, 0.3) is 0 Å². The Hall–Kier alpha value is -3.06. The SMILES string of the molecule is COc1cc(OC)cc(N(Cc2ccccc2C)S(=O)(=O)c2ccc(F)cc2)c1. The van der Waals surface area contributed by atoms with Crippen LogP contribution in [0.2, 0.25) is 0 Å². The molecule has 0 spiro atoms. The Balaban J connectivity index is 2.16. The van der Waals surface area contributed by atoms with Gasteiger partial charge in [0, 0.05) is 18.2 Å². The maximum Gasteiger partial charge on any atom is 0.264 e. The van der Waals surface area contributed by atoms with Crippen LogP contribution in [0.5, 0.6) is 11.5 Å². The highest BCUT2D eigenvalue weighted by Gasteiger charge is 2.27. The van der Waals surface area contributed by atoms with Crippen LogP contribution in [0.3, 0.4) is 0 Å².